The van der Waals surface area contributed by atoms with Crippen LogP contribution >= 0.6 is 0 Å². The van der Waals surface area contributed by atoms with Gasteiger partial charge in [-0.1, -0.05) is 97.3 Å². The van der Waals surface area contributed by atoms with Gasteiger partial charge in [0.1, 0.15) is 18.3 Å². The van der Waals surface area contributed by atoms with Crippen molar-refractivity contribution in [2.75, 3.05) is 26.6 Å². The number of ketones is 1. The smallest absolute Gasteiger partial charge is 0.146 e. The Morgan fingerprint density at radius 3 is 1.91 bits per heavy atom. The van der Waals surface area contributed by atoms with Crippen molar-refractivity contribution in [1.82, 2.24) is 0 Å². The Hall–Kier alpha value is -1.09. The molecule has 0 saturated heterocycles. The van der Waals surface area contributed by atoms with E-state index < -0.39 is 0 Å². The van der Waals surface area contributed by atoms with Gasteiger partial charge in [-0.25, -0.2) is 0 Å². The monoisotopic (exact) mass is 452 g/mol. The Morgan fingerprint density at radius 2 is 1.31 bits per heavy atom. The summed E-state index contributed by atoms with van der Waals surface area (Å²) in [6.07, 6.45) is 17.7. The normalized spacial score (nSPS) is 11.8. The van der Waals surface area contributed by atoms with E-state index in [9.17, 15) is 4.79 Å². The lowest BCUT2D eigenvalue weighted by Gasteiger charge is -2.18. The molecule has 0 heterocycles. The fourth-order valence-electron chi connectivity index (χ4n) is 3.68. The fraction of sp³-hybridized carbons (Fsp3) is 0.857. The Balaban J connectivity index is 4.04. The van der Waals surface area contributed by atoms with Crippen LogP contribution in [0.5, 0.6) is 0 Å². The number of hydrogen-bond donors (Lipinski definition) is 0. The summed E-state index contributed by atoms with van der Waals surface area (Å²) in [7, 11) is 0. The summed E-state index contributed by atoms with van der Waals surface area (Å²) in [5.41, 5.74) is 2.95. The van der Waals surface area contributed by atoms with Crippen molar-refractivity contribution in [1.29, 1.82) is 0 Å². The van der Waals surface area contributed by atoms with Crippen LogP contribution in [0.1, 0.15) is 124 Å². The van der Waals surface area contributed by atoms with Gasteiger partial charge in [0.15, 0.2) is 0 Å². The van der Waals surface area contributed by atoms with Crippen molar-refractivity contribution in [3.63, 3.8) is 0 Å². The maximum absolute atomic E-state index is 12.0. The molecule has 0 spiro atoms. The first-order chi connectivity index (χ1) is 15.7. The molecule has 0 aliphatic rings. The second kappa shape index (κ2) is 24.6. The molecule has 4 nitrogen and oxygen atoms in total. The van der Waals surface area contributed by atoms with Crippen LogP contribution in [0.25, 0.3) is 0 Å². The molecule has 0 aromatic rings. The van der Waals surface area contributed by atoms with Gasteiger partial charge in [0, 0.05) is 32.5 Å². The highest BCUT2D eigenvalue weighted by Gasteiger charge is 2.16. The standard InChI is InChI=1S/C28H52O4/c1-5-9-11-13-15-17-20-30-25-31-22-19-26(23-27(29)7-3)24-28(8-4)32-21-18-16-14-12-10-6-2/h26H,4-7,9-25H2,1-3H3. The van der Waals surface area contributed by atoms with Crippen LogP contribution in [0.3, 0.4) is 0 Å². The zero-order valence-electron chi connectivity index (χ0n) is 21.6. The number of Topliss-reactive ketones (excluding diaryl/α,β-unsaturated/α-hetero) is 1. The third-order valence-electron chi connectivity index (χ3n) is 5.84. The van der Waals surface area contributed by atoms with Gasteiger partial charge in [-0.05, 0) is 25.2 Å². The molecular weight excluding hydrogens is 400 g/mol. The molecular formula is C28H52O4. The molecule has 0 saturated carbocycles. The molecule has 0 rings (SSSR count). The van der Waals surface area contributed by atoms with E-state index in [4.69, 9.17) is 14.2 Å². The van der Waals surface area contributed by atoms with Crippen LogP contribution < -0.4 is 0 Å². The molecule has 0 aliphatic carbocycles. The van der Waals surface area contributed by atoms with Crippen molar-refractivity contribution in [3.05, 3.63) is 18.1 Å². The summed E-state index contributed by atoms with van der Waals surface area (Å²) in [4.78, 5) is 12.0. The van der Waals surface area contributed by atoms with Crippen molar-refractivity contribution in [2.45, 2.75) is 124 Å². The topological polar surface area (TPSA) is 44.8 Å². The molecule has 0 N–H and O–H groups in total. The zero-order valence-corrected chi connectivity index (χ0v) is 21.6. The molecule has 1 unspecified atom stereocenters. The SMILES string of the molecule is C=C=C(CC(CCOCOCCCCCCCC)CC(=O)CC)OCCCCCCCC. The second-order valence-corrected chi connectivity index (χ2v) is 8.87. The third-order valence-corrected chi connectivity index (χ3v) is 5.84. The maximum atomic E-state index is 12.0. The minimum atomic E-state index is 0.204. The van der Waals surface area contributed by atoms with Gasteiger partial charge in [0.2, 0.25) is 0 Å². The molecule has 4 heteroatoms. The highest BCUT2D eigenvalue weighted by atomic mass is 16.7. The molecule has 32 heavy (non-hydrogen) atoms. The number of allylic oxidation sites excluding steroid dienone is 1. The molecule has 188 valence electrons. The van der Waals surface area contributed by atoms with Crippen LogP contribution in [0.4, 0.5) is 0 Å². The van der Waals surface area contributed by atoms with E-state index in [2.05, 4.69) is 26.2 Å². The average Bonchev–Trinajstić information content (AvgIpc) is 2.80. The van der Waals surface area contributed by atoms with Gasteiger partial charge in [-0.3, -0.25) is 4.79 Å². The summed E-state index contributed by atoms with van der Waals surface area (Å²) in [6, 6.07) is 0. The number of carbonyl (C=O) groups excluding carboxylic acids is 1. The Morgan fingerprint density at radius 1 is 0.750 bits per heavy atom. The summed E-state index contributed by atoms with van der Waals surface area (Å²) >= 11 is 0. The molecule has 0 bridgehead atoms. The summed E-state index contributed by atoms with van der Waals surface area (Å²) < 4.78 is 17.2. The van der Waals surface area contributed by atoms with Gasteiger partial charge in [-0.2, -0.15) is 0 Å². The molecule has 1 atom stereocenters. The van der Waals surface area contributed by atoms with E-state index in [1.807, 2.05) is 6.92 Å². The van der Waals surface area contributed by atoms with Crippen molar-refractivity contribution in [3.8, 4) is 0 Å². The summed E-state index contributed by atoms with van der Waals surface area (Å²) in [6.45, 7) is 12.6. The first-order valence-electron chi connectivity index (χ1n) is 13.4. The van der Waals surface area contributed by atoms with Crippen LogP contribution in [0.2, 0.25) is 0 Å². The zero-order chi connectivity index (χ0) is 23.7. The van der Waals surface area contributed by atoms with E-state index in [-0.39, 0.29) is 11.7 Å². The Labute approximate surface area is 199 Å². The van der Waals surface area contributed by atoms with Gasteiger partial charge in [0.05, 0.1) is 6.61 Å². The largest absolute Gasteiger partial charge is 0.490 e. The predicted octanol–water partition coefficient (Wildman–Crippen LogP) is 8.15. The minimum absolute atomic E-state index is 0.204. The molecule has 0 aromatic heterocycles. The molecule has 0 aliphatic heterocycles. The predicted molar refractivity (Wildman–Crippen MR) is 135 cm³/mol. The fourth-order valence-corrected chi connectivity index (χ4v) is 3.68. The highest BCUT2D eigenvalue weighted by Crippen LogP contribution is 2.21. The van der Waals surface area contributed by atoms with E-state index in [0.29, 0.717) is 39.3 Å². The Kier molecular flexibility index (Phi) is 23.7. The van der Waals surface area contributed by atoms with Gasteiger partial charge >= 0.3 is 0 Å². The first-order valence-corrected chi connectivity index (χ1v) is 13.4. The van der Waals surface area contributed by atoms with Crippen LogP contribution in [-0.2, 0) is 19.0 Å². The van der Waals surface area contributed by atoms with Crippen molar-refractivity contribution >= 4 is 5.78 Å². The maximum Gasteiger partial charge on any atom is 0.146 e. The van der Waals surface area contributed by atoms with Crippen LogP contribution in [0, 0.1) is 5.92 Å². The molecule has 0 aromatic carbocycles. The van der Waals surface area contributed by atoms with E-state index in [0.717, 1.165) is 31.6 Å². The highest BCUT2D eigenvalue weighted by molar-refractivity contribution is 5.78. The van der Waals surface area contributed by atoms with E-state index >= 15 is 0 Å². The number of rotatable bonds is 25. The quantitative estimate of drug-likeness (QED) is 0.0606. The average molecular weight is 453 g/mol. The molecule has 0 amide bonds. The second-order valence-electron chi connectivity index (χ2n) is 8.87. The molecule has 0 radical (unpaired) electrons. The lowest BCUT2D eigenvalue weighted by Crippen LogP contribution is -2.13. The van der Waals surface area contributed by atoms with E-state index in [1.54, 1.807) is 0 Å². The number of unbranched alkanes of at least 4 members (excludes halogenated alkanes) is 10. The number of hydrogen-bond acceptors (Lipinski definition) is 4. The van der Waals surface area contributed by atoms with Gasteiger partial charge in [-0.15, -0.1) is 0 Å². The third kappa shape index (κ3) is 20.8. The lowest BCUT2D eigenvalue weighted by molar-refractivity contribution is -0.120. The summed E-state index contributed by atoms with van der Waals surface area (Å²) in [5.74, 6) is 1.27. The van der Waals surface area contributed by atoms with Crippen molar-refractivity contribution in [2.24, 2.45) is 5.92 Å². The van der Waals surface area contributed by atoms with E-state index in [1.165, 1.54) is 64.2 Å². The van der Waals surface area contributed by atoms with Crippen LogP contribution in [0.15, 0.2) is 18.1 Å². The summed E-state index contributed by atoms with van der Waals surface area (Å²) in [5, 5.41) is 0. The van der Waals surface area contributed by atoms with Gasteiger partial charge < -0.3 is 14.2 Å². The number of ether oxygens (including phenoxy) is 3. The Bertz CT molecular complexity index is 468. The van der Waals surface area contributed by atoms with Gasteiger partial charge in [0.25, 0.3) is 0 Å². The van der Waals surface area contributed by atoms with Crippen molar-refractivity contribution < 1.29 is 19.0 Å². The molecule has 0 fully saturated rings. The first kappa shape index (κ1) is 30.9. The lowest BCUT2D eigenvalue weighted by atomic mass is 9.94. The minimum Gasteiger partial charge on any atom is -0.490 e. The van der Waals surface area contributed by atoms with Crippen LogP contribution in [-0.4, -0.2) is 32.4 Å². The number of carbonyl (C=O) groups is 1.